The molecule has 0 aromatic rings. The van der Waals surface area contributed by atoms with E-state index in [1.165, 1.54) is 0 Å². The molecule has 4 bridgehead atoms. The van der Waals surface area contributed by atoms with Gasteiger partial charge in [0.05, 0.1) is 0 Å². The number of rotatable bonds is 0. The van der Waals surface area contributed by atoms with Crippen molar-refractivity contribution in [3.63, 3.8) is 0 Å². The average molecular weight is 206 g/mol. The highest BCUT2D eigenvalue weighted by Gasteiger charge is 2.65. The van der Waals surface area contributed by atoms with Crippen molar-refractivity contribution in [2.75, 3.05) is 0 Å². The smallest absolute Gasteiger partial charge is 0.142 e. The van der Waals surface area contributed by atoms with E-state index in [2.05, 4.69) is 13.8 Å². The molecule has 82 valence electrons. The number of fused-ring (bicyclic) bond motifs is 1. The lowest BCUT2D eigenvalue weighted by molar-refractivity contribution is -0.178. The first-order valence-electron chi connectivity index (χ1n) is 6.06. The van der Waals surface area contributed by atoms with Gasteiger partial charge in [-0.1, -0.05) is 13.8 Å². The number of hydrogen-bond donors (Lipinski definition) is 0. The Morgan fingerprint density at radius 2 is 1.93 bits per heavy atom. The summed E-state index contributed by atoms with van der Waals surface area (Å²) < 4.78 is 0. The number of hydrogen-bond acceptors (Lipinski definition) is 2. The van der Waals surface area contributed by atoms with Crippen LogP contribution in [-0.4, -0.2) is 11.6 Å². The highest BCUT2D eigenvalue weighted by atomic mass is 16.1. The van der Waals surface area contributed by atoms with Crippen LogP contribution in [0.4, 0.5) is 0 Å². The van der Waals surface area contributed by atoms with Crippen molar-refractivity contribution in [3.8, 4) is 0 Å². The van der Waals surface area contributed by atoms with Crippen LogP contribution >= 0.6 is 0 Å². The molecule has 4 rings (SSSR count). The van der Waals surface area contributed by atoms with Crippen LogP contribution in [0.25, 0.3) is 0 Å². The molecule has 0 aromatic heterocycles. The van der Waals surface area contributed by atoms with Crippen LogP contribution in [0.5, 0.6) is 0 Å². The van der Waals surface area contributed by atoms with E-state index < -0.39 is 0 Å². The lowest BCUT2D eigenvalue weighted by Gasteiger charge is -2.62. The Bertz CT molecular complexity index is 360. The summed E-state index contributed by atoms with van der Waals surface area (Å²) in [6.07, 6.45) is 4.39. The van der Waals surface area contributed by atoms with Crippen LogP contribution < -0.4 is 0 Å². The first kappa shape index (κ1) is 9.56. The van der Waals surface area contributed by atoms with Crippen LogP contribution in [0.2, 0.25) is 0 Å². The molecule has 0 N–H and O–H groups in total. The predicted octanol–water partition coefficient (Wildman–Crippen LogP) is 2.36. The Kier molecular flexibility index (Phi) is 1.61. The van der Waals surface area contributed by atoms with Gasteiger partial charge in [-0.05, 0) is 31.1 Å². The SMILES string of the molecule is CC12CCC(=O)C3CC(CCC31C)C2=O. The van der Waals surface area contributed by atoms with Crippen LogP contribution in [-0.2, 0) is 9.59 Å². The van der Waals surface area contributed by atoms with E-state index in [1.807, 2.05) is 0 Å². The zero-order valence-corrected chi connectivity index (χ0v) is 9.51. The molecular weight excluding hydrogens is 188 g/mol. The van der Waals surface area contributed by atoms with Gasteiger partial charge in [-0.25, -0.2) is 0 Å². The van der Waals surface area contributed by atoms with E-state index >= 15 is 0 Å². The molecule has 0 aromatic carbocycles. The van der Waals surface area contributed by atoms with E-state index in [-0.39, 0.29) is 22.7 Å². The highest BCUT2D eigenvalue weighted by molar-refractivity contribution is 5.95. The van der Waals surface area contributed by atoms with Gasteiger partial charge in [0.2, 0.25) is 0 Å². The monoisotopic (exact) mass is 206 g/mol. The van der Waals surface area contributed by atoms with Gasteiger partial charge >= 0.3 is 0 Å². The molecule has 0 radical (unpaired) electrons. The molecule has 2 nitrogen and oxygen atoms in total. The quantitative estimate of drug-likeness (QED) is 0.609. The minimum Gasteiger partial charge on any atom is -0.299 e. The van der Waals surface area contributed by atoms with Gasteiger partial charge in [0, 0.05) is 23.7 Å². The van der Waals surface area contributed by atoms with Gasteiger partial charge in [-0.3, -0.25) is 9.59 Å². The first-order chi connectivity index (χ1) is 6.99. The number of Topliss-reactive ketones (excluding diaryl/α,β-unsaturated/α-hetero) is 2. The van der Waals surface area contributed by atoms with Gasteiger partial charge in [0.1, 0.15) is 11.6 Å². The second kappa shape index (κ2) is 2.53. The molecule has 4 atom stereocenters. The third-order valence-corrected chi connectivity index (χ3v) is 5.74. The highest BCUT2D eigenvalue weighted by Crippen LogP contribution is 2.65. The fourth-order valence-corrected chi connectivity index (χ4v) is 4.38. The topological polar surface area (TPSA) is 34.1 Å². The van der Waals surface area contributed by atoms with Crippen molar-refractivity contribution in [1.82, 2.24) is 0 Å². The molecule has 4 aliphatic carbocycles. The summed E-state index contributed by atoms with van der Waals surface area (Å²) >= 11 is 0. The van der Waals surface area contributed by atoms with E-state index in [9.17, 15) is 9.59 Å². The summed E-state index contributed by atoms with van der Waals surface area (Å²) in [5.74, 6) is 1.27. The molecule has 0 aliphatic heterocycles. The Morgan fingerprint density at radius 3 is 2.67 bits per heavy atom. The third kappa shape index (κ3) is 0.873. The second-order valence-electron chi connectivity index (χ2n) is 6.10. The zero-order chi connectivity index (χ0) is 10.8. The zero-order valence-electron chi connectivity index (χ0n) is 9.51. The van der Waals surface area contributed by atoms with E-state index in [0.29, 0.717) is 18.0 Å². The molecule has 2 heteroatoms. The van der Waals surface area contributed by atoms with Crippen molar-refractivity contribution < 1.29 is 9.59 Å². The standard InChI is InChI=1S/C13H18O2/c1-12-5-3-8-7-9(12)10(14)4-6-13(12,2)11(8)15/h8-9H,3-7H2,1-2H3. The van der Waals surface area contributed by atoms with Crippen molar-refractivity contribution in [2.45, 2.75) is 46.0 Å². The predicted molar refractivity (Wildman–Crippen MR) is 56.3 cm³/mol. The van der Waals surface area contributed by atoms with Crippen LogP contribution in [0, 0.1) is 22.7 Å². The Hall–Kier alpha value is -0.660. The molecule has 4 aliphatic rings. The average Bonchev–Trinajstić information content (AvgIpc) is 2.21. The van der Waals surface area contributed by atoms with Crippen LogP contribution in [0.3, 0.4) is 0 Å². The molecule has 0 saturated heterocycles. The van der Waals surface area contributed by atoms with Gasteiger partial charge < -0.3 is 0 Å². The molecule has 0 amide bonds. The number of carbonyl (C=O) groups is 2. The van der Waals surface area contributed by atoms with Gasteiger partial charge in [-0.2, -0.15) is 0 Å². The number of carbonyl (C=O) groups excluding carboxylic acids is 2. The van der Waals surface area contributed by atoms with Crippen molar-refractivity contribution in [2.24, 2.45) is 22.7 Å². The summed E-state index contributed by atoms with van der Waals surface area (Å²) in [5.41, 5.74) is -0.207. The van der Waals surface area contributed by atoms with Crippen LogP contribution in [0.1, 0.15) is 46.0 Å². The van der Waals surface area contributed by atoms with Gasteiger partial charge in [0.15, 0.2) is 0 Å². The van der Waals surface area contributed by atoms with Crippen molar-refractivity contribution in [3.05, 3.63) is 0 Å². The fourth-order valence-electron chi connectivity index (χ4n) is 4.38. The molecule has 0 spiro atoms. The normalized spacial score (nSPS) is 53.5. The maximum atomic E-state index is 12.3. The molecule has 15 heavy (non-hydrogen) atoms. The second-order valence-corrected chi connectivity index (χ2v) is 6.10. The molecule has 4 unspecified atom stereocenters. The van der Waals surface area contributed by atoms with Crippen molar-refractivity contribution >= 4 is 11.6 Å². The summed E-state index contributed by atoms with van der Waals surface area (Å²) in [5, 5.41) is 0. The van der Waals surface area contributed by atoms with E-state index in [0.717, 1.165) is 25.7 Å². The molecular formula is C13H18O2. The molecule has 0 heterocycles. The lowest BCUT2D eigenvalue weighted by Crippen LogP contribution is -2.63. The fraction of sp³-hybridized carbons (Fsp3) is 0.846. The number of ketones is 2. The maximum absolute atomic E-state index is 12.3. The Labute approximate surface area is 90.4 Å². The van der Waals surface area contributed by atoms with Crippen LogP contribution in [0.15, 0.2) is 0 Å². The largest absolute Gasteiger partial charge is 0.299 e. The minimum absolute atomic E-state index is 0.0197. The minimum atomic E-state index is -0.188. The lowest BCUT2D eigenvalue weighted by atomic mass is 9.40. The summed E-state index contributed by atoms with van der Waals surface area (Å²) in [6, 6.07) is 0. The summed E-state index contributed by atoms with van der Waals surface area (Å²) in [4.78, 5) is 24.3. The van der Waals surface area contributed by atoms with Gasteiger partial charge in [-0.15, -0.1) is 0 Å². The van der Waals surface area contributed by atoms with Gasteiger partial charge in [0.25, 0.3) is 0 Å². The van der Waals surface area contributed by atoms with E-state index in [4.69, 9.17) is 0 Å². The van der Waals surface area contributed by atoms with E-state index in [1.54, 1.807) is 0 Å². The van der Waals surface area contributed by atoms with Crippen molar-refractivity contribution in [1.29, 1.82) is 0 Å². The summed E-state index contributed by atoms with van der Waals surface area (Å²) in [7, 11) is 0. The Balaban J connectivity index is 2.15. The molecule has 4 fully saturated rings. The first-order valence-corrected chi connectivity index (χ1v) is 6.06. The Morgan fingerprint density at radius 1 is 1.20 bits per heavy atom. The maximum Gasteiger partial charge on any atom is 0.142 e. The summed E-state index contributed by atoms with van der Waals surface area (Å²) in [6.45, 7) is 4.29. The third-order valence-electron chi connectivity index (χ3n) is 5.74. The molecule has 4 saturated carbocycles.